The molecule has 2 unspecified atom stereocenters. The van der Waals surface area contributed by atoms with E-state index in [1.807, 2.05) is 0 Å². The Hall–Kier alpha value is -4.11. The number of nitrogens with zero attached hydrogens (tertiary/aromatic N) is 1. The molecule has 0 spiro atoms. The summed E-state index contributed by atoms with van der Waals surface area (Å²) in [5, 5.41) is 23.6. The van der Waals surface area contributed by atoms with Crippen molar-refractivity contribution < 1.29 is 57.8 Å². The maximum absolute atomic E-state index is 12.4. The number of benzene rings is 1. The number of aliphatic imine (C=N–C) groups is 1. The first kappa shape index (κ1) is 30.4. The smallest absolute Gasteiger partial charge is 0.360 e. The van der Waals surface area contributed by atoms with Gasteiger partial charge in [-0.05, 0) is 25.1 Å². The molecule has 0 amide bonds. The van der Waals surface area contributed by atoms with Gasteiger partial charge < -0.3 is 44.0 Å². The lowest BCUT2D eigenvalue weighted by Crippen LogP contribution is -2.49. The first-order valence-electron chi connectivity index (χ1n) is 12.0. The Kier molecular flexibility index (Phi) is 9.10. The molecule has 0 saturated carbocycles. The van der Waals surface area contributed by atoms with Gasteiger partial charge in [-0.25, -0.2) is 24.2 Å². The van der Waals surface area contributed by atoms with Crippen molar-refractivity contribution in [2.24, 2.45) is 4.99 Å². The Balaban J connectivity index is 1.88. The molecule has 3 rings (SSSR count). The fourth-order valence-electron chi connectivity index (χ4n) is 3.34. The van der Waals surface area contributed by atoms with Crippen LogP contribution in [0.4, 0.5) is 11.4 Å². The number of carbonyl (C=O) groups is 4. The van der Waals surface area contributed by atoms with Gasteiger partial charge in [-0.2, -0.15) is 0 Å². The fourth-order valence-corrected chi connectivity index (χ4v) is 3.34. The molecule has 0 aliphatic carbocycles. The summed E-state index contributed by atoms with van der Waals surface area (Å²) in [6.45, 7) is 10.3. The molecule has 2 atom stereocenters. The van der Waals surface area contributed by atoms with E-state index in [9.17, 15) is 29.4 Å². The molecule has 2 aliphatic rings. The molecule has 3 N–H and O–H groups in total. The molecule has 14 heteroatoms. The number of aliphatic hydroxyl groups is 2. The molecule has 0 bridgehead atoms. The molecular weight excluding hydrogens is 532 g/mol. The third-order valence-electron chi connectivity index (χ3n) is 5.09. The van der Waals surface area contributed by atoms with Crippen molar-refractivity contribution in [2.45, 2.75) is 58.8 Å². The Labute approximate surface area is 229 Å². The highest BCUT2D eigenvalue weighted by Gasteiger charge is 2.40. The zero-order valence-corrected chi connectivity index (χ0v) is 22.5. The molecule has 2 aliphatic heterocycles. The highest BCUT2D eigenvalue weighted by molar-refractivity contribution is 6.38. The van der Waals surface area contributed by atoms with Crippen LogP contribution in [0.5, 0.6) is 0 Å². The normalized spacial score (nSPS) is 21.6. The van der Waals surface area contributed by atoms with Crippen LogP contribution in [0.2, 0.25) is 0 Å². The van der Waals surface area contributed by atoms with E-state index in [-0.39, 0.29) is 35.7 Å². The maximum atomic E-state index is 12.4. The van der Waals surface area contributed by atoms with Crippen molar-refractivity contribution >= 4 is 41.0 Å². The van der Waals surface area contributed by atoms with Gasteiger partial charge in [-0.3, -0.25) is 0 Å². The molecule has 1 aromatic rings. The Morgan fingerprint density at radius 1 is 1.07 bits per heavy atom. The third-order valence-corrected chi connectivity index (χ3v) is 5.09. The van der Waals surface area contributed by atoms with Gasteiger partial charge >= 0.3 is 23.9 Å². The third kappa shape index (κ3) is 7.95. The van der Waals surface area contributed by atoms with Gasteiger partial charge in [0.2, 0.25) is 12.1 Å². The minimum atomic E-state index is -1.71. The molecule has 216 valence electrons. The Bertz CT molecular complexity index is 1260. The number of ether oxygens (including phenoxy) is 6. The van der Waals surface area contributed by atoms with E-state index in [4.69, 9.17) is 28.4 Å². The second kappa shape index (κ2) is 12.0. The molecule has 1 aromatic carbocycles. The average Bonchev–Trinajstić information content (AvgIpc) is 2.81. The number of rotatable bonds is 9. The lowest BCUT2D eigenvalue weighted by atomic mass is 10.1. The van der Waals surface area contributed by atoms with E-state index in [0.717, 1.165) is 6.20 Å². The number of cyclic esters (lactones) is 3. The quantitative estimate of drug-likeness (QED) is 0.0985. The van der Waals surface area contributed by atoms with Gasteiger partial charge in [0.15, 0.2) is 17.6 Å². The molecule has 2 fully saturated rings. The molecule has 2 heterocycles. The van der Waals surface area contributed by atoms with Crippen molar-refractivity contribution in [3.05, 3.63) is 47.7 Å². The molecule has 14 nitrogen and oxygen atoms in total. The Morgan fingerprint density at radius 3 is 2.30 bits per heavy atom. The van der Waals surface area contributed by atoms with E-state index in [0.29, 0.717) is 0 Å². The van der Waals surface area contributed by atoms with E-state index >= 15 is 0 Å². The van der Waals surface area contributed by atoms with Gasteiger partial charge in [0.1, 0.15) is 6.61 Å². The Morgan fingerprint density at radius 2 is 1.70 bits per heavy atom. The summed E-state index contributed by atoms with van der Waals surface area (Å²) >= 11 is 0. The fraction of sp³-hybridized carbons (Fsp3) is 0.423. The summed E-state index contributed by atoms with van der Waals surface area (Å²) in [7, 11) is 0. The van der Waals surface area contributed by atoms with E-state index in [2.05, 4.69) is 16.9 Å². The van der Waals surface area contributed by atoms with Crippen LogP contribution in [-0.2, 0) is 47.6 Å². The predicted octanol–water partition coefficient (Wildman–Crippen LogP) is 1.65. The number of aliphatic hydroxyl groups excluding tert-OH is 2. The minimum absolute atomic E-state index is 0.0268. The van der Waals surface area contributed by atoms with Crippen LogP contribution < -0.4 is 5.32 Å². The van der Waals surface area contributed by atoms with Crippen LogP contribution in [0.25, 0.3) is 0 Å². The van der Waals surface area contributed by atoms with Crippen LogP contribution in [0, 0.1) is 0 Å². The number of anilines is 1. The second-order valence-electron chi connectivity index (χ2n) is 9.59. The van der Waals surface area contributed by atoms with Crippen molar-refractivity contribution in [1.82, 2.24) is 0 Å². The number of carbonyl (C=O) groups excluding carboxylic acids is 4. The van der Waals surface area contributed by atoms with Crippen LogP contribution in [0.3, 0.4) is 0 Å². The van der Waals surface area contributed by atoms with Crippen LogP contribution in [-0.4, -0.2) is 70.9 Å². The first-order valence-corrected chi connectivity index (χ1v) is 12.0. The highest BCUT2D eigenvalue weighted by Crippen LogP contribution is 2.29. The van der Waals surface area contributed by atoms with E-state index in [1.165, 1.54) is 52.8 Å². The SMILES string of the molecule is C=C(C)C(=O)OCCOC(O)c1cc(N=C2C(=O)OC(C)(C)OC2O)cc(NC=C2C(=O)OC(C)(C)OC2=O)c1. The summed E-state index contributed by atoms with van der Waals surface area (Å²) < 4.78 is 30.7. The lowest BCUT2D eigenvalue weighted by molar-refractivity contribution is -0.263. The number of hydrogen-bond acceptors (Lipinski definition) is 14. The van der Waals surface area contributed by atoms with Gasteiger partial charge in [-0.1, -0.05) is 6.58 Å². The van der Waals surface area contributed by atoms with Crippen molar-refractivity contribution in [2.75, 3.05) is 18.5 Å². The molecule has 0 aromatic heterocycles. The maximum Gasteiger partial charge on any atom is 0.360 e. The predicted molar refractivity (Wildman–Crippen MR) is 135 cm³/mol. The molecule has 2 saturated heterocycles. The zero-order chi connectivity index (χ0) is 29.8. The van der Waals surface area contributed by atoms with Crippen molar-refractivity contribution in [3.8, 4) is 0 Å². The lowest BCUT2D eigenvalue weighted by Gasteiger charge is -2.33. The first-order chi connectivity index (χ1) is 18.6. The van der Waals surface area contributed by atoms with Gasteiger partial charge in [0.25, 0.3) is 5.79 Å². The topological polar surface area (TPSA) is 189 Å². The average molecular weight is 563 g/mol. The molecule has 0 radical (unpaired) electrons. The van der Waals surface area contributed by atoms with Crippen LogP contribution in [0.15, 0.2) is 47.1 Å². The van der Waals surface area contributed by atoms with Gasteiger partial charge in [0, 0.05) is 50.7 Å². The number of nitrogens with one attached hydrogen (secondary N) is 1. The summed E-state index contributed by atoms with van der Waals surface area (Å²) in [6.07, 6.45) is -2.24. The van der Waals surface area contributed by atoms with Gasteiger partial charge in [0.05, 0.1) is 12.3 Å². The summed E-state index contributed by atoms with van der Waals surface area (Å²) in [5.41, 5.74) is -0.406. The van der Waals surface area contributed by atoms with Crippen LogP contribution >= 0.6 is 0 Å². The standard InChI is InChI=1S/C26H30N2O12/c1-13(2)19(29)35-7-8-36-20(30)14-9-15(27-12-17-21(31)37-25(3,4)38-22(17)32)11-16(10-14)28-18-23(33)39-26(5,6)40-24(18)34/h9-12,20,23,27,30,33H,1,7-8H2,2-6H3. The van der Waals surface area contributed by atoms with Crippen molar-refractivity contribution in [3.63, 3.8) is 0 Å². The van der Waals surface area contributed by atoms with Crippen LogP contribution in [0.1, 0.15) is 46.5 Å². The molecular formula is C26H30N2O12. The summed E-state index contributed by atoms with van der Waals surface area (Å²) in [5.74, 6) is -6.22. The number of hydrogen-bond donors (Lipinski definition) is 3. The zero-order valence-electron chi connectivity index (χ0n) is 22.5. The van der Waals surface area contributed by atoms with Gasteiger partial charge in [-0.15, -0.1) is 0 Å². The summed E-state index contributed by atoms with van der Waals surface area (Å²) in [4.78, 5) is 52.6. The van der Waals surface area contributed by atoms with Crippen molar-refractivity contribution in [1.29, 1.82) is 0 Å². The highest BCUT2D eigenvalue weighted by atomic mass is 16.8. The van der Waals surface area contributed by atoms with E-state index in [1.54, 1.807) is 0 Å². The monoisotopic (exact) mass is 562 g/mol. The summed E-state index contributed by atoms with van der Waals surface area (Å²) in [6, 6.07) is 4.10. The van der Waals surface area contributed by atoms with E-state index < -0.39 is 59.3 Å². The largest absolute Gasteiger partial charge is 0.460 e. The molecule has 40 heavy (non-hydrogen) atoms. The number of esters is 4. The second-order valence-corrected chi connectivity index (χ2v) is 9.59. The minimum Gasteiger partial charge on any atom is -0.460 e.